The second-order valence-electron chi connectivity index (χ2n) is 5.72. The third-order valence-electron chi connectivity index (χ3n) is 4.00. The first-order valence-electron chi connectivity index (χ1n) is 6.92. The molecule has 2 heterocycles. The minimum atomic E-state index is -0.967. The Morgan fingerprint density at radius 1 is 1.29 bits per heavy atom. The summed E-state index contributed by atoms with van der Waals surface area (Å²) in [6.07, 6.45) is 2.83. The molecule has 1 aromatic heterocycles. The number of carboxylic acid groups (broad SMARTS) is 1. The molecule has 0 aliphatic carbocycles. The molecule has 2 N–H and O–H groups in total. The van der Waals surface area contributed by atoms with Gasteiger partial charge in [0.25, 0.3) is 0 Å². The van der Waals surface area contributed by atoms with Gasteiger partial charge in [0.2, 0.25) is 0 Å². The highest BCUT2D eigenvalue weighted by atomic mass is 16.4. The summed E-state index contributed by atoms with van der Waals surface area (Å²) < 4.78 is 0. The van der Waals surface area contributed by atoms with E-state index in [1.807, 2.05) is 6.92 Å². The van der Waals surface area contributed by atoms with Crippen LogP contribution < -0.4 is 4.90 Å². The number of carbonyl (C=O) groups is 1. The van der Waals surface area contributed by atoms with E-state index < -0.39 is 11.6 Å². The van der Waals surface area contributed by atoms with E-state index in [4.69, 9.17) is 5.11 Å². The van der Waals surface area contributed by atoms with Crippen LogP contribution in [-0.2, 0) is 0 Å². The molecular formula is C15H17N3O3. The first-order chi connectivity index (χ1) is 9.96. The lowest BCUT2D eigenvalue weighted by molar-refractivity contribution is 0.0350. The molecule has 1 saturated heterocycles. The lowest BCUT2D eigenvalue weighted by atomic mass is 9.94. The fraction of sp³-hybridized carbons (Fsp3) is 0.400. The number of hydrogen-bond donors (Lipinski definition) is 2. The Morgan fingerprint density at radius 2 is 2.00 bits per heavy atom. The van der Waals surface area contributed by atoms with E-state index >= 15 is 0 Å². The predicted octanol–water partition coefficient (Wildman–Crippen LogP) is 1.68. The maximum absolute atomic E-state index is 11.0. The molecular weight excluding hydrogens is 270 g/mol. The fourth-order valence-electron chi connectivity index (χ4n) is 2.63. The Balaban J connectivity index is 1.98. The number of nitrogens with zero attached hydrogens (tertiary/aromatic N) is 3. The van der Waals surface area contributed by atoms with Crippen LogP contribution in [0.1, 0.15) is 30.1 Å². The van der Waals surface area contributed by atoms with Crippen molar-refractivity contribution in [3.63, 3.8) is 0 Å². The van der Waals surface area contributed by atoms with E-state index in [1.165, 1.54) is 6.33 Å². The molecule has 1 aromatic carbocycles. The lowest BCUT2D eigenvalue weighted by Gasteiger charge is -2.36. The first-order valence-corrected chi connectivity index (χ1v) is 6.92. The number of piperidine rings is 1. The average molecular weight is 287 g/mol. The third kappa shape index (κ3) is 2.67. The third-order valence-corrected chi connectivity index (χ3v) is 4.00. The predicted molar refractivity (Wildman–Crippen MR) is 78.6 cm³/mol. The Bertz CT molecular complexity index is 690. The molecule has 0 radical (unpaired) electrons. The Kier molecular flexibility index (Phi) is 3.25. The van der Waals surface area contributed by atoms with Gasteiger partial charge in [-0.15, -0.1) is 0 Å². The smallest absolute Gasteiger partial charge is 0.335 e. The monoisotopic (exact) mass is 287 g/mol. The highest BCUT2D eigenvalue weighted by Gasteiger charge is 2.28. The average Bonchev–Trinajstić information content (AvgIpc) is 2.46. The van der Waals surface area contributed by atoms with Crippen molar-refractivity contribution >= 4 is 22.7 Å². The summed E-state index contributed by atoms with van der Waals surface area (Å²) in [5.74, 6) is -0.168. The fourth-order valence-corrected chi connectivity index (χ4v) is 2.63. The Hall–Kier alpha value is -2.21. The SMILES string of the molecule is CC1(O)CCN(c2ncnc3cc(C(=O)O)ccc23)CC1. The molecule has 0 bridgehead atoms. The lowest BCUT2D eigenvalue weighted by Crippen LogP contribution is -2.42. The van der Waals surface area contributed by atoms with E-state index in [0.717, 1.165) is 24.3 Å². The summed E-state index contributed by atoms with van der Waals surface area (Å²) in [7, 11) is 0. The van der Waals surface area contributed by atoms with Gasteiger partial charge in [-0.25, -0.2) is 14.8 Å². The van der Waals surface area contributed by atoms with Crippen molar-refractivity contribution in [1.29, 1.82) is 0 Å². The van der Waals surface area contributed by atoms with Crippen LogP contribution in [0.5, 0.6) is 0 Å². The number of benzene rings is 1. The molecule has 0 unspecified atom stereocenters. The van der Waals surface area contributed by atoms with Gasteiger partial charge in [-0.05, 0) is 38.0 Å². The zero-order chi connectivity index (χ0) is 15.0. The van der Waals surface area contributed by atoms with Gasteiger partial charge in [-0.2, -0.15) is 0 Å². The summed E-state index contributed by atoms with van der Waals surface area (Å²) in [4.78, 5) is 21.6. The minimum Gasteiger partial charge on any atom is -0.478 e. The molecule has 0 spiro atoms. The maximum atomic E-state index is 11.0. The number of aromatic carboxylic acids is 1. The molecule has 1 aliphatic rings. The molecule has 6 heteroatoms. The van der Waals surface area contributed by atoms with Crippen LogP contribution in [0.15, 0.2) is 24.5 Å². The largest absolute Gasteiger partial charge is 0.478 e. The molecule has 1 fully saturated rings. The van der Waals surface area contributed by atoms with Crippen molar-refractivity contribution in [3.05, 3.63) is 30.1 Å². The summed E-state index contributed by atoms with van der Waals surface area (Å²) in [6, 6.07) is 4.88. The molecule has 1 aliphatic heterocycles. The molecule has 21 heavy (non-hydrogen) atoms. The summed E-state index contributed by atoms with van der Waals surface area (Å²) in [5, 5.41) is 19.9. The van der Waals surface area contributed by atoms with Gasteiger partial charge < -0.3 is 15.1 Å². The number of rotatable bonds is 2. The van der Waals surface area contributed by atoms with E-state index in [9.17, 15) is 9.90 Å². The van der Waals surface area contributed by atoms with E-state index in [0.29, 0.717) is 18.4 Å². The highest BCUT2D eigenvalue weighted by molar-refractivity contribution is 5.96. The van der Waals surface area contributed by atoms with E-state index in [1.54, 1.807) is 18.2 Å². The van der Waals surface area contributed by atoms with Gasteiger partial charge in [0, 0.05) is 18.5 Å². The van der Waals surface area contributed by atoms with Gasteiger partial charge in [-0.1, -0.05) is 0 Å². The van der Waals surface area contributed by atoms with Crippen molar-refractivity contribution in [2.75, 3.05) is 18.0 Å². The number of aliphatic hydroxyl groups is 1. The van der Waals surface area contributed by atoms with Crippen LogP contribution in [-0.4, -0.2) is 44.8 Å². The second kappa shape index (κ2) is 4.96. The zero-order valence-corrected chi connectivity index (χ0v) is 11.8. The maximum Gasteiger partial charge on any atom is 0.335 e. The van der Waals surface area contributed by atoms with Crippen LogP contribution >= 0.6 is 0 Å². The van der Waals surface area contributed by atoms with Gasteiger partial charge >= 0.3 is 5.97 Å². The normalized spacial score (nSPS) is 17.9. The number of hydrogen-bond acceptors (Lipinski definition) is 5. The van der Waals surface area contributed by atoms with Crippen molar-refractivity contribution in [3.8, 4) is 0 Å². The Morgan fingerprint density at radius 3 is 2.67 bits per heavy atom. The molecule has 0 saturated carbocycles. The van der Waals surface area contributed by atoms with Crippen LogP contribution in [0.3, 0.4) is 0 Å². The topological polar surface area (TPSA) is 86.5 Å². The van der Waals surface area contributed by atoms with E-state index in [2.05, 4.69) is 14.9 Å². The van der Waals surface area contributed by atoms with Crippen molar-refractivity contribution < 1.29 is 15.0 Å². The highest BCUT2D eigenvalue weighted by Crippen LogP contribution is 2.29. The number of anilines is 1. The first kappa shape index (κ1) is 13.8. The zero-order valence-electron chi connectivity index (χ0n) is 11.8. The van der Waals surface area contributed by atoms with Crippen LogP contribution in [0.4, 0.5) is 5.82 Å². The number of carboxylic acids is 1. The molecule has 2 aromatic rings. The Labute approximate surface area is 122 Å². The number of fused-ring (bicyclic) bond motifs is 1. The van der Waals surface area contributed by atoms with Gasteiger partial charge in [0.15, 0.2) is 0 Å². The molecule has 110 valence electrons. The molecule has 0 amide bonds. The molecule has 6 nitrogen and oxygen atoms in total. The molecule has 0 atom stereocenters. The standard InChI is InChI=1S/C15H17N3O3/c1-15(21)4-6-18(7-5-15)13-11-3-2-10(14(19)20)8-12(11)16-9-17-13/h2-3,8-9,21H,4-7H2,1H3,(H,19,20). The second-order valence-corrected chi connectivity index (χ2v) is 5.72. The molecule has 3 rings (SSSR count). The van der Waals surface area contributed by atoms with E-state index in [-0.39, 0.29) is 5.56 Å². The minimum absolute atomic E-state index is 0.216. The van der Waals surface area contributed by atoms with Gasteiger partial charge in [0.05, 0.1) is 16.7 Å². The van der Waals surface area contributed by atoms with Gasteiger partial charge in [-0.3, -0.25) is 0 Å². The van der Waals surface area contributed by atoms with Gasteiger partial charge in [0.1, 0.15) is 12.1 Å². The number of aromatic nitrogens is 2. The summed E-state index contributed by atoms with van der Waals surface area (Å²) >= 11 is 0. The van der Waals surface area contributed by atoms with Crippen LogP contribution in [0, 0.1) is 0 Å². The quantitative estimate of drug-likeness (QED) is 0.874. The summed E-state index contributed by atoms with van der Waals surface area (Å²) in [6.45, 7) is 3.29. The van der Waals surface area contributed by atoms with Crippen molar-refractivity contribution in [1.82, 2.24) is 9.97 Å². The van der Waals surface area contributed by atoms with Crippen molar-refractivity contribution in [2.45, 2.75) is 25.4 Å². The van der Waals surface area contributed by atoms with Crippen LogP contribution in [0.2, 0.25) is 0 Å². The van der Waals surface area contributed by atoms with Crippen LogP contribution in [0.25, 0.3) is 10.9 Å². The van der Waals surface area contributed by atoms with Crippen molar-refractivity contribution in [2.24, 2.45) is 0 Å². The summed E-state index contributed by atoms with van der Waals surface area (Å²) in [5.41, 5.74) is 0.224.